The van der Waals surface area contributed by atoms with Crippen molar-refractivity contribution in [1.82, 2.24) is 4.98 Å². The van der Waals surface area contributed by atoms with Crippen molar-refractivity contribution in [1.29, 1.82) is 0 Å². The third-order valence-electron chi connectivity index (χ3n) is 1.54. The minimum absolute atomic E-state index is 0.0803. The second-order valence-corrected chi connectivity index (χ2v) is 3.87. The van der Waals surface area contributed by atoms with Crippen molar-refractivity contribution < 1.29 is 31.5 Å². The molecule has 0 spiro atoms. The highest BCUT2D eigenvalue weighted by molar-refractivity contribution is 14.1. The molecule has 0 aliphatic heterocycles. The van der Waals surface area contributed by atoms with Gasteiger partial charge in [0.15, 0.2) is 12.0 Å². The van der Waals surface area contributed by atoms with Crippen LogP contribution in [0.4, 0.5) is 22.0 Å². The van der Waals surface area contributed by atoms with Crippen molar-refractivity contribution in [2.45, 2.75) is 12.8 Å². The molecule has 0 aliphatic carbocycles. The number of nitrogens with zero attached hydrogens (tertiary/aromatic N) is 1. The Bertz CT molecular complexity index is 435. The van der Waals surface area contributed by atoms with Crippen LogP contribution in [0.25, 0.3) is 0 Å². The molecular weight excluding hydrogens is 364 g/mol. The lowest BCUT2D eigenvalue weighted by atomic mass is 10.3. The van der Waals surface area contributed by atoms with E-state index in [4.69, 9.17) is 0 Å². The van der Waals surface area contributed by atoms with Gasteiger partial charge in [-0.15, -0.1) is 13.2 Å². The van der Waals surface area contributed by atoms with Crippen LogP contribution >= 0.6 is 22.6 Å². The number of hydrogen-bond donors (Lipinski definition) is 0. The van der Waals surface area contributed by atoms with E-state index in [1.807, 2.05) is 0 Å². The maximum atomic E-state index is 12.4. The number of aromatic nitrogens is 1. The van der Waals surface area contributed by atoms with Crippen LogP contribution in [0.3, 0.4) is 0 Å². The van der Waals surface area contributed by atoms with Gasteiger partial charge in [-0.3, -0.25) is 4.79 Å². The Kier molecular flexibility index (Phi) is 4.22. The molecule has 1 rings (SSSR count). The van der Waals surface area contributed by atoms with Crippen LogP contribution in [-0.2, 0) is 0 Å². The van der Waals surface area contributed by atoms with Crippen LogP contribution in [0.15, 0.2) is 6.07 Å². The predicted molar refractivity (Wildman–Crippen MR) is 54.0 cm³/mol. The minimum Gasteiger partial charge on any atom is -0.403 e. The third kappa shape index (κ3) is 3.75. The molecule has 0 aromatic carbocycles. The smallest absolute Gasteiger partial charge is 0.403 e. The van der Waals surface area contributed by atoms with Gasteiger partial charge in [0.25, 0.3) is 6.43 Å². The Morgan fingerprint density at radius 3 is 2.41 bits per heavy atom. The van der Waals surface area contributed by atoms with E-state index >= 15 is 0 Å². The molecule has 1 aromatic rings. The summed E-state index contributed by atoms with van der Waals surface area (Å²) in [5.74, 6) is -0.902. The summed E-state index contributed by atoms with van der Waals surface area (Å²) >= 11 is 1.38. The highest BCUT2D eigenvalue weighted by atomic mass is 127. The molecule has 0 amide bonds. The van der Waals surface area contributed by atoms with E-state index in [2.05, 4.69) is 9.72 Å². The molecule has 0 N–H and O–H groups in total. The van der Waals surface area contributed by atoms with E-state index in [0.717, 1.165) is 0 Å². The predicted octanol–water partition coefficient (Wildman–Crippen LogP) is 3.33. The van der Waals surface area contributed by atoms with Crippen LogP contribution < -0.4 is 4.74 Å². The van der Waals surface area contributed by atoms with Gasteiger partial charge >= 0.3 is 6.36 Å². The van der Waals surface area contributed by atoms with Gasteiger partial charge in [0.2, 0.25) is 0 Å². The average molecular weight is 367 g/mol. The SMILES string of the molecule is O=Cc1nc(C(F)F)c(I)cc1OC(F)(F)F. The molecule has 0 saturated carbocycles. The normalized spacial score (nSPS) is 11.7. The summed E-state index contributed by atoms with van der Waals surface area (Å²) in [5.41, 5.74) is -1.58. The van der Waals surface area contributed by atoms with Crippen molar-refractivity contribution in [2.24, 2.45) is 0 Å². The van der Waals surface area contributed by atoms with E-state index in [-0.39, 0.29) is 9.86 Å². The summed E-state index contributed by atoms with van der Waals surface area (Å²) in [4.78, 5) is 13.6. The zero-order valence-electron chi connectivity index (χ0n) is 7.76. The summed E-state index contributed by atoms with van der Waals surface area (Å²) in [6.07, 6.45) is -8.08. The molecule has 0 saturated heterocycles. The van der Waals surface area contributed by atoms with Gasteiger partial charge in [-0.1, -0.05) is 0 Å². The van der Waals surface area contributed by atoms with Crippen LogP contribution in [0.2, 0.25) is 0 Å². The molecule has 94 valence electrons. The standard InChI is InChI=1S/C8H3F5INO2/c9-7(10)6-3(14)1-5(4(2-16)15-6)17-8(11,12)13/h1-2,7H. The van der Waals surface area contributed by atoms with Crippen molar-refractivity contribution in [3.63, 3.8) is 0 Å². The first-order chi connectivity index (χ1) is 7.74. The lowest BCUT2D eigenvalue weighted by Gasteiger charge is -2.12. The van der Waals surface area contributed by atoms with E-state index in [0.29, 0.717) is 6.07 Å². The van der Waals surface area contributed by atoms with E-state index in [1.165, 1.54) is 22.6 Å². The zero-order valence-corrected chi connectivity index (χ0v) is 9.92. The summed E-state index contributed by atoms with van der Waals surface area (Å²) in [6.45, 7) is 0. The van der Waals surface area contributed by atoms with Crippen molar-refractivity contribution in [3.05, 3.63) is 21.0 Å². The third-order valence-corrected chi connectivity index (χ3v) is 2.40. The maximum Gasteiger partial charge on any atom is 0.573 e. The van der Waals surface area contributed by atoms with Gasteiger partial charge in [-0.2, -0.15) is 0 Å². The van der Waals surface area contributed by atoms with Gasteiger partial charge in [-0.05, 0) is 28.7 Å². The van der Waals surface area contributed by atoms with Crippen LogP contribution in [-0.4, -0.2) is 17.6 Å². The Morgan fingerprint density at radius 1 is 1.41 bits per heavy atom. The quantitative estimate of drug-likeness (QED) is 0.468. The van der Waals surface area contributed by atoms with Crippen LogP contribution in [0.5, 0.6) is 5.75 Å². The summed E-state index contributed by atoms with van der Waals surface area (Å²) in [5, 5.41) is 0. The first-order valence-electron chi connectivity index (χ1n) is 3.94. The van der Waals surface area contributed by atoms with Gasteiger partial charge in [0.05, 0.1) is 0 Å². The number of carbonyl (C=O) groups is 1. The summed E-state index contributed by atoms with van der Waals surface area (Å²) in [6, 6.07) is 0.687. The van der Waals surface area contributed by atoms with Crippen molar-refractivity contribution in [3.8, 4) is 5.75 Å². The number of pyridine rings is 1. The number of rotatable bonds is 3. The Balaban J connectivity index is 3.24. The topological polar surface area (TPSA) is 39.2 Å². The lowest BCUT2D eigenvalue weighted by Crippen LogP contribution is -2.19. The molecule has 17 heavy (non-hydrogen) atoms. The number of carbonyl (C=O) groups excluding carboxylic acids is 1. The Labute approximate surface area is 105 Å². The molecule has 0 unspecified atom stereocenters. The fraction of sp³-hybridized carbons (Fsp3) is 0.250. The van der Waals surface area contributed by atoms with Gasteiger partial charge in [0, 0.05) is 3.57 Å². The van der Waals surface area contributed by atoms with Crippen LogP contribution in [0, 0.1) is 3.57 Å². The molecule has 9 heteroatoms. The first-order valence-corrected chi connectivity index (χ1v) is 5.02. The molecule has 1 aromatic heterocycles. The second-order valence-electron chi connectivity index (χ2n) is 2.71. The van der Waals surface area contributed by atoms with Crippen LogP contribution in [0.1, 0.15) is 22.6 Å². The molecule has 1 heterocycles. The number of alkyl halides is 5. The molecule has 0 aliphatic rings. The molecule has 3 nitrogen and oxygen atoms in total. The summed E-state index contributed by atoms with van der Waals surface area (Å²) < 4.78 is 63.8. The van der Waals surface area contributed by atoms with Crippen molar-refractivity contribution in [2.75, 3.05) is 0 Å². The highest BCUT2D eigenvalue weighted by Crippen LogP contribution is 2.30. The Morgan fingerprint density at radius 2 is 2.00 bits per heavy atom. The van der Waals surface area contributed by atoms with Gasteiger partial charge in [0.1, 0.15) is 11.4 Å². The Hall–Kier alpha value is -1.00. The van der Waals surface area contributed by atoms with E-state index in [1.54, 1.807) is 0 Å². The number of halogens is 6. The number of aldehydes is 1. The summed E-state index contributed by atoms with van der Waals surface area (Å²) in [7, 11) is 0. The van der Waals surface area contributed by atoms with E-state index < -0.39 is 29.9 Å². The first kappa shape index (κ1) is 14.1. The lowest BCUT2D eigenvalue weighted by molar-refractivity contribution is -0.274. The molecule has 0 radical (unpaired) electrons. The minimum atomic E-state index is -5.02. The molecule has 0 bridgehead atoms. The zero-order chi connectivity index (χ0) is 13.2. The fourth-order valence-corrected chi connectivity index (χ4v) is 1.58. The molecule has 0 atom stereocenters. The molecular formula is C8H3F5INO2. The molecule has 0 fully saturated rings. The maximum absolute atomic E-state index is 12.4. The van der Waals surface area contributed by atoms with Gasteiger partial charge in [-0.25, -0.2) is 13.8 Å². The largest absolute Gasteiger partial charge is 0.573 e. The average Bonchev–Trinajstić information content (AvgIpc) is 2.14. The number of ether oxygens (including phenoxy) is 1. The number of hydrogen-bond acceptors (Lipinski definition) is 3. The monoisotopic (exact) mass is 367 g/mol. The second kappa shape index (κ2) is 5.10. The van der Waals surface area contributed by atoms with Gasteiger partial charge < -0.3 is 4.74 Å². The van der Waals surface area contributed by atoms with Crippen molar-refractivity contribution >= 4 is 28.9 Å². The fourth-order valence-electron chi connectivity index (χ4n) is 0.945. The van der Waals surface area contributed by atoms with E-state index in [9.17, 15) is 26.7 Å². The highest BCUT2D eigenvalue weighted by Gasteiger charge is 2.33.